The van der Waals surface area contributed by atoms with Gasteiger partial charge in [-0.3, -0.25) is 0 Å². The number of nitrogens with zero attached hydrogens (tertiary/aromatic N) is 2. The Balaban J connectivity index is 1.77. The van der Waals surface area contributed by atoms with Crippen molar-refractivity contribution in [1.29, 1.82) is 10.5 Å². The molecule has 0 saturated carbocycles. The van der Waals surface area contributed by atoms with E-state index < -0.39 is 6.67 Å². The summed E-state index contributed by atoms with van der Waals surface area (Å²) < 4.78 is 24.0. The number of hydrogen-bond acceptors (Lipinski definition) is 4. The van der Waals surface area contributed by atoms with E-state index in [0.717, 1.165) is 0 Å². The third-order valence-corrected chi connectivity index (χ3v) is 3.59. The maximum absolute atomic E-state index is 12.6. The average Bonchev–Trinajstić information content (AvgIpc) is 2.69. The summed E-state index contributed by atoms with van der Waals surface area (Å²) in [7, 11) is 0. The molecule has 0 fully saturated rings. The highest BCUT2D eigenvalue weighted by atomic mass is 19.1. The molecule has 0 aromatic heterocycles. The van der Waals surface area contributed by atoms with Crippen LogP contribution < -0.4 is 9.47 Å². The zero-order valence-electron chi connectivity index (χ0n) is 13.6. The molecule has 26 heavy (non-hydrogen) atoms. The van der Waals surface area contributed by atoms with Crippen LogP contribution in [0.5, 0.6) is 23.0 Å². The second kappa shape index (κ2) is 7.83. The number of nitriles is 2. The Morgan fingerprint density at radius 1 is 0.692 bits per heavy atom. The molecular formula is C21H13FN2O2. The first-order valence-electron chi connectivity index (χ1n) is 7.77. The SMILES string of the molecule is N#Cc1ccc(Oc2cccc(Oc3ccc(CF)cc3)c2)cc1C#N. The summed E-state index contributed by atoms with van der Waals surface area (Å²) >= 11 is 0. The Morgan fingerprint density at radius 2 is 1.27 bits per heavy atom. The van der Waals surface area contributed by atoms with Crippen molar-refractivity contribution in [3.8, 4) is 35.1 Å². The van der Waals surface area contributed by atoms with Gasteiger partial charge in [-0.05, 0) is 48.0 Å². The molecule has 0 N–H and O–H groups in total. The lowest BCUT2D eigenvalue weighted by molar-refractivity contribution is 0.459. The summed E-state index contributed by atoms with van der Waals surface area (Å²) in [4.78, 5) is 0. The molecule has 0 atom stereocenters. The van der Waals surface area contributed by atoms with Crippen molar-refractivity contribution in [2.45, 2.75) is 6.67 Å². The molecule has 0 aliphatic rings. The zero-order chi connectivity index (χ0) is 18.4. The molecule has 3 aromatic carbocycles. The Hall–Kier alpha value is -3.83. The molecule has 0 aliphatic heterocycles. The number of alkyl halides is 1. The van der Waals surface area contributed by atoms with Gasteiger partial charge in [0.15, 0.2) is 0 Å². The highest BCUT2D eigenvalue weighted by molar-refractivity contribution is 5.50. The van der Waals surface area contributed by atoms with E-state index >= 15 is 0 Å². The van der Waals surface area contributed by atoms with Gasteiger partial charge in [-0.15, -0.1) is 0 Å². The summed E-state index contributed by atoms with van der Waals surface area (Å²) in [6.45, 7) is -0.515. The van der Waals surface area contributed by atoms with Crippen LogP contribution in [0, 0.1) is 22.7 Å². The van der Waals surface area contributed by atoms with Crippen LogP contribution in [0.3, 0.4) is 0 Å². The van der Waals surface area contributed by atoms with E-state index in [2.05, 4.69) is 0 Å². The van der Waals surface area contributed by atoms with Crippen LogP contribution in [-0.2, 0) is 6.67 Å². The molecule has 0 saturated heterocycles. The first-order valence-corrected chi connectivity index (χ1v) is 7.77. The Labute approximate surface area is 150 Å². The quantitative estimate of drug-likeness (QED) is 0.614. The summed E-state index contributed by atoms with van der Waals surface area (Å²) in [5.41, 5.74) is 1.14. The van der Waals surface area contributed by atoms with Gasteiger partial charge in [-0.25, -0.2) is 4.39 Å². The topological polar surface area (TPSA) is 66.0 Å². The molecule has 4 nitrogen and oxygen atoms in total. The van der Waals surface area contributed by atoms with E-state index in [1.165, 1.54) is 6.07 Å². The molecule has 126 valence electrons. The largest absolute Gasteiger partial charge is 0.457 e. The van der Waals surface area contributed by atoms with E-state index in [1.807, 2.05) is 12.1 Å². The first kappa shape index (κ1) is 17.0. The van der Waals surface area contributed by atoms with Gasteiger partial charge in [0.1, 0.15) is 41.8 Å². The second-order valence-electron chi connectivity index (χ2n) is 5.39. The minimum absolute atomic E-state index is 0.255. The number of ether oxygens (including phenoxy) is 2. The summed E-state index contributed by atoms with van der Waals surface area (Å²) in [5.74, 6) is 2.12. The van der Waals surface area contributed by atoms with Crippen molar-refractivity contribution in [2.75, 3.05) is 0 Å². The standard InChI is InChI=1S/C21H13FN2O2/c22-12-15-4-7-18(8-5-15)25-19-2-1-3-20(11-19)26-21-9-6-16(13-23)17(10-21)14-24/h1-11H,12H2. The number of rotatable bonds is 5. The smallest absolute Gasteiger partial charge is 0.131 e. The van der Waals surface area contributed by atoms with Gasteiger partial charge in [-0.1, -0.05) is 18.2 Å². The van der Waals surface area contributed by atoms with Crippen LogP contribution in [-0.4, -0.2) is 0 Å². The molecule has 0 heterocycles. The van der Waals surface area contributed by atoms with Gasteiger partial charge >= 0.3 is 0 Å². The van der Waals surface area contributed by atoms with Gasteiger partial charge < -0.3 is 9.47 Å². The van der Waals surface area contributed by atoms with Gasteiger partial charge in [0.25, 0.3) is 0 Å². The van der Waals surface area contributed by atoms with E-state index in [1.54, 1.807) is 60.7 Å². The molecular weight excluding hydrogens is 331 g/mol. The third kappa shape index (κ3) is 3.98. The summed E-state index contributed by atoms with van der Waals surface area (Å²) in [6.07, 6.45) is 0. The van der Waals surface area contributed by atoms with E-state index in [4.69, 9.17) is 20.0 Å². The first-order chi connectivity index (χ1) is 12.7. The molecule has 5 heteroatoms. The van der Waals surface area contributed by atoms with Gasteiger partial charge in [0, 0.05) is 6.07 Å². The Kier molecular flexibility index (Phi) is 5.12. The Bertz CT molecular complexity index is 1000. The molecule has 0 amide bonds. The monoisotopic (exact) mass is 344 g/mol. The van der Waals surface area contributed by atoms with Gasteiger partial charge in [-0.2, -0.15) is 10.5 Å². The van der Waals surface area contributed by atoms with Crippen LogP contribution in [0.25, 0.3) is 0 Å². The summed E-state index contributed by atoms with van der Waals surface area (Å²) in [6, 6.07) is 22.3. The van der Waals surface area contributed by atoms with Gasteiger partial charge in [0.05, 0.1) is 11.1 Å². The fourth-order valence-corrected chi connectivity index (χ4v) is 2.30. The van der Waals surface area contributed by atoms with Crippen LogP contribution >= 0.6 is 0 Å². The lowest BCUT2D eigenvalue weighted by atomic mass is 10.1. The number of benzene rings is 3. The molecule has 3 aromatic rings. The molecule has 0 aliphatic carbocycles. The molecule has 3 rings (SSSR count). The lowest BCUT2D eigenvalue weighted by Crippen LogP contribution is -1.90. The zero-order valence-corrected chi connectivity index (χ0v) is 13.6. The van der Waals surface area contributed by atoms with Crippen molar-refractivity contribution in [3.05, 3.63) is 83.4 Å². The normalized spacial score (nSPS) is 9.81. The lowest BCUT2D eigenvalue weighted by Gasteiger charge is -2.10. The van der Waals surface area contributed by atoms with E-state index in [9.17, 15) is 4.39 Å². The van der Waals surface area contributed by atoms with Crippen molar-refractivity contribution in [3.63, 3.8) is 0 Å². The predicted octanol–water partition coefficient (Wildman–Crippen LogP) is 5.48. The van der Waals surface area contributed by atoms with Crippen LogP contribution in [0.4, 0.5) is 4.39 Å². The molecule has 0 bridgehead atoms. The van der Waals surface area contributed by atoms with Crippen LogP contribution in [0.2, 0.25) is 0 Å². The van der Waals surface area contributed by atoms with Gasteiger partial charge in [0.2, 0.25) is 0 Å². The average molecular weight is 344 g/mol. The van der Waals surface area contributed by atoms with Crippen molar-refractivity contribution in [1.82, 2.24) is 0 Å². The molecule has 0 radical (unpaired) electrons. The third-order valence-electron chi connectivity index (χ3n) is 3.59. The van der Waals surface area contributed by atoms with Crippen LogP contribution in [0.1, 0.15) is 16.7 Å². The molecule has 0 spiro atoms. The van der Waals surface area contributed by atoms with Crippen molar-refractivity contribution in [2.24, 2.45) is 0 Å². The minimum atomic E-state index is -0.515. The van der Waals surface area contributed by atoms with Crippen LogP contribution in [0.15, 0.2) is 66.7 Å². The minimum Gasteiger partial charge on any atom is -0.457 e. The highest BCUT2D eigenvalue weighted by Crippen LogP contribution is 2.29. The fourth-order valence-electron chi connectivity index (χ4n) is 2.30. The number of halogens is 1. The molecule has 0 unspecified atom stereocenters. The van der Waals surface area contributed by atoms with Crippen molar-refractivity contribution >= 4 is 0 Å². The highest BCUT2D eigenvalue weighted by Gasteiger charge is 2.06. The predicted molar refractivity (Wildman–Crippen MR) is 93.7 cm³/mol. The maximum Gasteiger partial charge on any atom is 0.131 e. The number of hydrogen-bond donors (Lipinski definition) is 0. The second-order valence-corrected chi connectivity index (χ2v) is 5.39. The van der Waals surface area contributed by atoms with Crippen molar-refractivity contribution < 1.29 is 13.9 Å². The summed E-state index contributed by atoms with van der Waals surface area (Å²) in [5, 5.41) is 18.0. The fraction of sp³-hybridized carbons (Fsp3) is 0.0476. The Morgan fingerprint density at radius 3 is 1.88 bits per heavy atom. The van der Waals surface area contributed by atoms with E-state index in [0.29, 0.717) is 34.1 Å². The maximum atomic E-state index is 12.6. The van der Waals surface area contributed by atoms with E-state index in [-0.39, 0.29) is 5.56 Å².